The number of aromatic nitrogens is 2. The van der Waals surface area contributed by atoms with Gasteiger partial charge in [0.1, 0.15) is 0 Å². The number of rotatable bonds is 6. The molecule has 0 aromatic carbocycles. The van der Waals surface area contributed by atoms with Crippen molar-refractivity contribution in [3.05, 3.63) is 17.5 Å². The zero-order valence-electron chi connectivity index (χ0n) is 10.6. The summed E-state index contributed by atoms with van der Waals surface area (Å²) in [6, 6.07) is 1.90. The number of aryl methyl sites for hydroxylation is 1. The lowest BCUT2D eigenvalue weighted by molar-refractivity contribution is 0.0690. The van der Waals surface area contributed by atoms with Gasteiger partial charge in [0.15, 0.2) is 5.69 Å². The Kier molecular flexibility index (Phi) is 3.76. The van der Waals surface area contributed by atoms with Crippen molar-refractivity contribution in [2.75, 3.05) is 25.2 Å². The fourth-order valence-electron chi connectivity index (χ4n) is 1.81. The van der Waals surface area contributed by atoms with Crippen LogP contribution in [-0.4, -0.2) is 47.3 Å². The largest absolute Gasteiger partial charge is 0.477 e. The van der Waals surface area contributed by atoms with Gasteiger partial charge in [-0.25, -0.2) is 14.8 Å². The highest BCUT2D eigenvalue weighted by molar-refractivity contribution is 5.85. The van der Waals surface area contributed by atoms with Crippen molar-refractivity contribution in [2.45, 2.75) is 25.8 Å². The summed E-state index contributed by atoms with van der Waals surface area (Å²) >= 11 is 0. The van der Waals surface area contributed by atoms with Gasteiger partial charge in [-0.15, -0.1) is 0 Å². The molecule has 0 bridgehead atoms. The van der Waals surface area contributed by atoms with Gasteiger partial charge in [0.25, 0.3) is 0 Å². The van der Waals surface area contributed by atoms with E-state index in [0.717, 1.165) is 12.8 Å². The van der Waals surface area contributed by atoms with Crippen molar-refractivity contribution in [1.29, 1.82) is 0 Å². The summed E-state index contributed by atoms with van der Waals surface area (Å²) in [5, 5.41) is 9.01. The van der Waals surface area contributed by atoms with E-state index < -0.39 is 5.97 Å². The Balaban J connectivity index is 2.25. The van der Waals surface area contributed by atoms with Crippen molar-refractivity contribution in [3.63, 3.8) is 0 Å². The van der Waals surface area contributed by atoms with Crippen molar-refractivity contribution in [3.8, 4) is 0 Å². The standard InChI is InChI=1S/C12H17N3O3/c1-8-7-10(11(16)17)14-12(13-8)15(5-6-18-2)9-3-4-9/h7,9H,3-6H2,1-2H3,(H,16,17). The molecule has 1 saturated carbocycles. The van der Waals surface area contributed by atoms with Gasteiger partial charge < -0.3 is 14.7 Å². The van der Waals surface area contributed by atoms with Gasteiger partial charge in [0, 0.05) is 25.4 Å². The van der Waals surface area contributed by atoms with Crippen molar-refractivity contribution in [2.24, 2.45) is 0 Å². The fraction of sp³-hybridized carbons (Fsp3) is 0.583. The Morgan fingerprint density at radius 2 is 2.28 bits per heavy atom. The molecule has 0 amide bonds. The highest BCUT2D eigenvalue weighted by atomic mass is 16.5. The highest BCUT2D eigenvalue weighted by Crippen LogP contribution is 2.29. The van der Waals surface area contributed by atoms with Crippen LogP contribution in [-0.2, 0) is 4.74 Å². The molecule has 6 nitrogen and oxygen atoms in total. The lowest BCUT2D eigenvalue weighted by atomic mass is 10.3. The molecule has 98 valence electrons. The Morgan fingerprint density at radius 3 is 2.83 bits per heavy atom. The van der Waals surface area contributed by atoms with Crippen LogP contribution >= 0.6 is 0 Å². The number of carboxylic acids is 1. The third-order valence-corrected chi connectivity index (χ3v) is 2.84. The Labute approximate surface area is 106 Å². The minimum atomic E-state index is -1.02. The van der Waals surface area contributed by atoms with Gasteiger partial charge in [-0.1, -0.05) is 0 Å². The number of carboxylic acid groups (broad SMARTS) is 1. The molecule has 0 radical (unpaired) electrons. The van der Waals surface area contributed by atoms with E-state index in [1.165, 1.54) is 6.07 Å². The highest BCUT2D eigenvalue weighted by Gasteiger charge is 2.31. The smallest absolute Gasteiger partial charge is 0.354 e. The maximum Gasteiger partial charge on any atom is 0.354 e. The van der Waals surface area contributed by atoms with Crippen molar-refractivity contribution < 1.29 is 14.6 Å². The molecule has 0 atom stereocenters. The maximum atomic E-state index is 11.0. The molecule has 1 heterocycles. The summed E-state index contributed by atoms with van der Waals surface area (Å²) in [7, 11) is 1.64. The number of nitrogens with zero attached hydrogens (tertiary/aromatic N) is 3. The first kappa shape index (κ1) is 12.8. The van der Waals surface area contributed by atoms with E-state index in [4.69, 9.17) is 9.84 Å². The third-order valence-electron chi connectivity index (χ3n) is 2.84. The van der Waals surface area contributed by atoms with Gasteiger partial charge in [0.2, 0.25) is 5.95 Å². The van der Waals surface area contributed by atoms with Gasteiger partial charge in [-0.3, -0.25) is 0 Å². The van der Waals surface area contributed by atoms with E-state index in [1.807, 2.05) is 4.90 Å². The number of hydrogen-bond acceptors (Lipinski definition) is 5. The zero-order valence-corrected chi connectivity index (χ0v) is 10.6. The summed E-state index contributed by atoms with van der Waals surface area (Å²) < 4.78 is 5.07. The SMILES string of the molecule is COCCN(c1nc(C)cc(C(=O)O)n1)C1CC1. The zero-order chi connectivity index (χ0) is 13.1. The minimum Gasteiger partial charge on any atom is -0.477 e. The Bertz CT molecular complexity index is 446. The third kappa shape index (κ3) is 2.95. The number of methoxy groups -OCH3 is 1. The van der Waals surface area contributed by atoms with E-state index in [-0.39, 0.29) is 5.69 Å². The monoisotopic (exact) mass is 251 g/mol. The minimum absolute atomic E-state index is 0.0422. The van der Waals surface area contributed by atoms with Gasteiger partial charge >= 0.3 is 5.97 Å². The number of anilines is 1. The lowest BCUT2D eigenvalue weighted by Gasteiger charge is -2.22. The fourth-order valence-corrected chi connectivity index (χ4v) is 1.81. The molecule has 18 heavy (non-hydrogen) atoms. The van der Waals surface area contributed by atoms with Crippen LogP contribution in [0.1, 0.15) is 29.0 Å². The molecule has 1 N–H and O–H groups in total. The number of ether oxygens (including phenoxy) is 1. The predicted octanol–water partition coefficient (Wildman–Crippen LogP) is 1.10. The molecule has 0 unspecified atom stereocenters. The van der Waals surface area contributed by atoms with Crippen molar-refractivity contribution >= 4 is 11.9 Å². The second-order valence-electron chi connectivity index (χ2n) is 4.42. The van der Waals surface area contributed by atoms with E-state index in [0.29, 0.717) is 30.8 Å². The van der Waals surface area contributed by atoms with E-state index >= 15 is 0 Å². The molecular weight excluding hydrogens is 234 g/mol. The van der Waals surface area contributed by atoms with Crippen LogP contribution in [0.4, 0.5) is 5.95 Å². The second-order valence-corrected chi connectivity index (χ2v) is 4.42. The van der Waals surface area contributed by atoms with Crippen LogP contribution in [0.25, 0.3) is 0 Å². The molecule has 1 aromatic rings. The first-order chi connectivity index (χ1) is 8.61. The second kappa shape index (κ2) is 5.30. The van der Waals surface area contributed by atoms with Gasteiger partial charge in [0.05, 0.1) is 6.61 Å². The van der Waals surface area contributed by atoms with Crippen LogP contribution in [0.3, 0.4) is 0 Å². The molecule has 1 aliphatic rings. The molecule has 6 heteroatoms. The van der Waals surface area contributed by atoms with Crippen LogP contribution in [0.2, 0.25) is 0 Å². The van der Waals surface area contributed by atoms with E-state index in [1.54, 1.807) is 14.0 Å². The normalized spacial score (nSPS) is 14.6. The lowest BCUT2D eigenvalue weighted by Crippen LogP contribution is -2.31. The Hall–Kier alpha value is -1.69. The topological polar surface area (TPSA) is 75.5 Å². The van der Waals surface area contributed by atoms with Crippen LogP contribution in [0.5, 0.6) is 0 Å². The summed E-state index contributed by atoms with van der Waals surface area (Å²) in [5.74, 6) is -0.531. The molecule has 1 fully saturated rings. The molecule has 1 aromatic heterocycles. The maximum absolute atomic E-state index is 11.0. The molecular formula is C12H17N3O3. The molecule has 0 spiro atoms. The first-order valence-corrected chi connectivity index (χ1v) is 5.96. The summed E-state index contributed by atoms with van der Waals surface area (Å²) in [6.45, 7) is 3.04. The average molecular weight is 251 g/mol. The molecule has 0 aliphatic heterocycles. The van der Waals surface area contributed by atoms with Gasteiger partial charge in [-0.05, 0) is 25.8 Å². The molecule has 0 saturated heterocycles. The average Bonchev–Trinajstić information content (AvgIpc) is 3.13. The number of hydrogen-bond donors (Lipinski definition) is 1. The van der Waals surface area contributed by atoms with E-state index in [9.17, 15) is 4.79 Å². The van der Waals surface area contributed by atoms with Crippen LogP contribution < -0.4 is 4.90 Å². The van der Waals surface area contributed by atoms with Crippen LogP contribution in [0.15, 0.2) is 6.07 Å². The molecule has 1 aliphatic carbocycles. The summed E-state index contributed by atoms with van der Waals surface area (Å²) in [4.78, 5) is 21.5. The quantitative estimate of drug-likeness (QED) is 0.816. The van der Waals surface area contributed by atoms with Crippen LogP contribution in [0, 0.1) is 6.92 Å². The summed E-state index contributed by atoms with van der Waals surface area (Å²) in [6.07, 6.45) is 2.20. The predicted molar refractivity (Wildman–Crippen MR) is 66.0 cm³/mol. The Morgan fingerprint density at radius 1 is 1.56 bits per heavy atom. The first-order valence-electron chi connectivity index (χ1n) is 5.96. The van der Waals surface area contributed by atoms with Crippen molar-refractivity contribution in [1.82, 2.24) is 9.97 Å². The van der Waals surface area contributed by atoms with E-state index in [2.05, 4.69) is 9.97 Å². The summed E-state index contributed by atoms with van der Waals surface area (Å²) in [5.41, 5.74) is 0.709. The number of aromatic carboxylic acids is 1. The molecule has 2 rings (SSSR count). The number of carbonyl (C=O) groups is 1. The van der Waals surface area contributed by atoms with Gasteiger partial charge in [-0.2, -0.15) is 0 Å².